The fraction of sp³-hybridized carbons (Fsp3) is 0.333. The Balaban J connectivity index is 1.94. The quantitative estimate of drug-likeness (QED) is 0.802. The first-order chi connectivity index (χ1) is 8.19. The zero-order valence-corrected chi connectivity index (χ0v) is 10.9. The van der Waals surface area contributed by atoms with E-state index in [9.17, 15) is 4.79 Å². The molecule has 1 fully saturated rings. The molecule has 0 N–H and O–H groups in total. The van der Waals surface area contributed by atoms with Crippen LogP contribution in [0.3, 0.4) is 0 Å². The second kappa shape index (κ2) is 5.31. The third kappa shape index (κ3) is 3.06. The second-order valence-corrected chi connectivity index (χ2v) is 4.77. The molecular formula is C12H13BrN2O2. The average Bonchev–Trinajstić information content (AvgIpc) is 2.76. The first-order valence-electron chi connectivity index (χ1n) is 5.37. The van der Waals surface area contributed by atoms with E-state index in [1.54, 1.807) is 17.3 Å². The molecule has 2 heterocycles. The predicted octanol–water partition coefficient (Wildman–Crippen LogP) is 2.01. The molecule has 1 aromatic heterocycles. The monoisotopic (exact) mass is 296 g/mol. The molecule has 1 unspecified atom stereocenters. The number of amides is 1. The summed E-state index contributed by atoms with van der Waals surface area (Å²) < 4.78 is 6.64. The van der Waals surface area contributed by atoms with Gasteiger partial charge in [0.2, 0.25) is 5.91 Å². The molecule has 0 spiro atoms. The highest BCUT2D eigenvalue weighted by Gasteiger charge is 2.26. The van der Waals surface area contributed by atoms with Crippen LogP contribution in [0.5, 0.6) is 5.75 Å². The number of ether oxygens (including phenoxy) is 1. The zero-order valence-electron chi connectivity index (χ0n) is 9.30. The van der Waals surface area contributed by atoms with E-state index in [1.165, 1.54) is 6.08 Å². The minimum absolute atomic E-state index is 0.0370. The number of likely N-dealkylation sites (tertiary alicyclic amines) is 1. The maximum absolute atomic E-state index is 11.4. The van der Waals surface area contributed by atoms with E-state index < -0.39 is 0 Å². The first-order valence-corrected chi connectivity index (χ1v) is 6.17. The Kier molecular flexibility index (Phi) is 3.78. The van der Waals surface area contributed by atoms with Crippen molar-refractivity contribution >= 4 is 21.8 Å². The van der Waals surface area contributed by atoms with Crippen molar-refractivity contribution in [3.63, 3.8) is 0 Å². The number of aromatic nitrogens is 1. The molecule has 0 saturated carbocycles. The van der Waals surface area contributed by atoms with E-state index in [2.05, 4.69) is 27.5 Å². The maximum Gasteiger partial charge on any atom is 0.246 e. The molecular weight excluding hydrogens is 284 g/mol. The highest BCUT2D eigenvalue weighted by Crippen LogP contribution is 2.20. The van der Waals surface area contributed by atoms with Gasteiger partial charge in [0.05, 0.1) is 12.7 Å². The van der Waals surface area contributed by atoms with E-state index >= 15 is 0 Å². The Bertz CT molecular complexity index is 436. The molecule has 1 aromatic rings. The normalized spacial score (nSPS) is 19.1. The Morgan fingerprint density at radius 1 is 1.65 bits per heavy atom. The Morgan fingerprint density at radius 2 is 2.47 bits per heavy atom. The summed E-state index contributed by atoms with van der Waals surface area (Å²) in [4.78, 5) is 17.2. The van der Waals surface area contributed by atoms with Gasteiger partial charge in [0.15, 0.2) is 0 Å². The summed E-state index contributed by atoms with van der Waals surface area (Å²) in [7, 11) is 0. The van der Waals surface area contributed by atoms with E-state index in [1.807, 2.05) is 6.07 Å². The van der Waals surface area contributed by atoms with Gasteiger partial charge in [0.1, 0.15) is 11.9 Å². The lowest BCUT2D eigenvalue weighted by atomic mass is 10.3. The molecule has 2 rings (SSSR count). The molecule has 4 nitrogen and oxygen atoms in total. The van der Waals surface area contributed by atoms with Gasteiger partial charge in [-0.2, -0.15) is 0 Å². The van der Waals surface area contributed by atoms with Gasteiger partial charge in [-0.15, -0.1) is 0 Å². The Labute approximate surface area is 108 Å². The fourth-order valence-corrected chi connectivity index (χ4v) is 2.15. The maximum atomic E-state index is 11.4. The molecule has 1 amide bonds. The van der Waals surface area contributed by atoms with Crippen LogP contribution in [0.4, 0.5) is 0 Å². The van der Waals surface area contributed by atoms with Gasteiger partial charge in [0, 0.05) is 23.6 Å². The van der Waals surface area contributed by atoms with Crippen molar-refractivity contribution in [2.45, 2.75) is 12.5 Å². The number of pyridine rings is 1. The minimum atomic E-state index is -0.0385. The summed E-state index contributed by atoms with van der Waals surface area (Å²) in [5, 5.41) is 0. The summed E-state index contributed by atoms with van der Waals surface area (Å²) in [6, 6.07) is 1.87. The van der Waals surface area contributed by atoms with Crippen LogP contribution in [-0.4, -0.2) is 35.0 Å². The smallest absolute Gasteiger partial charge is 0.246 e. The Hall–Kier alpha value is -1.36. The second-order valence-electron chi connectivity index (χ2n) is 3.86. The highest BCUT2D eigenvalue weighted by atomic mass is 79.9. The van der Waals surface area contributed by atoms with Crippen LogP contribution < -0.4 is 4.74 Å². The molecule has 0 aromatic carbocycles. The number of rotatable bonds is 3. The lowest BCUT2D eigenvalue weighted by Gasteiger charge is -2.15. The van der Waals surface area contributed by atoms with Gasteiger partial charge in [0.25, 0.3) is 0 Å². The van der Waals surface area contributed by atoms with E-state index in [-0.39, 0.29) is 12.0 Å². The van der Waals surface area contributed by atoms with Crippen LogP contribution in [0, 0.1) is 0 Å². The first kappa shape index (κ1) is 12.1. The number of halogens is 1. The number of hydrogen-bond acceptors (Lipinski definition) is 3. The average molecular weight is 297 g/mol. The van der Waals surface area contributed by atoms with E-state index in [0.717, 1.165) is 23.2 Å². The topological polar surface area (TPSA) is 42.4 Å². The van der Waals surface area contributed by atoms with Crippen LogP contribution in [0.15, 0.2) is 35.6 Å². The Morgan fingerprint density at radius 3 is 3.18 bits per heavy atom. The van der Waals surface area contributed by atoms with Gasteiger partial charge in [-0.05, 0) is 28.1 Å². The van der Waals surface area contributed by atoms with Crippen LogP contribution in [0.25, 0.3) is 0 Å². The van der Waals surface area contributed by atoms with Crippen molar-refractivity contribution in [2.75, 3.05) is 13.1 Å². The van der Waals surface area contributed by atoms with Gasteiger partial charge in [-0.1, -0.05) is 6.58 Å². The molecule has 0 aliphatic carbocycles. The molecule has 90 valence electrons. The van der Waals surface area contributed by atoms with E-state index in [4.69, 9.17) is 4.74 Å². The standard InChI is InChI=1S/C12H13BrN2O2/c1-2-12(16)15-4-3-10(8-15)17-11-5-9(13)6-14-7-11/h2,5-7,10H,1,3-4,8H2. The number of hydrogen-bond donors (Lipinski definition) is 0. The van der Waals surface area contributed by atoms with Crippen LogP contribution in [-0.2, 0) is 4.79 Å². The fourth-order valence-electron chi connectivity index (χ4n) is 1.80. The SMILES string of the molecule is C=CC(=O)N1CCC(Oc2cncc(Br)c2)C1. The molecule has 1 atom stereocenters. The molecule has 1 aliphatic heterocycles. The highest BCUT2D eigenvalue weighted by molar-refractivity contribution is 9.10. The third-order valence-electron chi connectivity index (χ3n) is 2.61. The molecule has 1 aliphatic rings. The lowest BCUT2D eigenvalue weighted by molar-refractivity contribution is -0.125. The van der Waals surface area contributed by atoms with Gasteiger partial charge >= 0.3 is 0 Å². The van der Waals surface area contributed by atoms with Crippen molar-refractivity contribution in [2.24, 2.45) is 0 Å². The molecule has 0 radical (unpaired) electrons. The van der Waals surface area contributed by atoms with Crippen LogP contribution >= 0.6 is 15.9 Å². The summed E-state index contributed by atoms with van der Waals surface area (Å²) in [6.07, 6.45) is 5.59. The largest absolute Gasteiger partial charge is 0.487 e. The zero-order chi connectivity index (χ0) is 12.3. The summed E-state index contributed by atoms with van der Waals surface area (Å²) in [6.45, 7) is 4.81. The van der Waals surface area contributed by atoms with Crippen LogP contribution in [0.1, 0.15) is 6.42 Å². The summed E-state index contributed by atoms with van der Waals surface area (Å²) >= 11 is 3.34. The third-order valence-corrected chi connectivity index (χ3v) is 3.05. The minimum Gasteiger partial charge on any atom is -0.487 e. The molecule has 0 bridgehead atoms. The molecule has 17 heavy (non-hydrogen) atoms. The number of nitrogens with zero attached hydrogens (tertiary/aromatic N) is 2. The number of carbonyl (C=O) groups excluding carboxylic acids is 1. The molecule has 1 saturated heterocycles. The summed E-state index contributed by atoms with van der Waals surface area (Å²) in [5.41, 5.74) is 0. The van der Waals surface area contributed by atoms with Gasteiger partial charge in [-0.3, -0.25) is 9.78 Å². The lowest BCUT2D eigenvalue weighted by Crippen LogP contribution is -2.29. The van der Waals surface area contributed by atoms with E-state index in [0.29, 0.717) is 6.54 Å². The van der Waals surface area contributed by atoms with Crippen molar-refractivity contribution in [1.82, 2.24) is 9.88 Å². The predicted molar refractivity (Wildman–Crippen MR) is 67.7 cm³/mol. The van der Waals surface area contributed by atoms with Gasteiger partial charge in [-0.25, -0.2) is 0 Å². The summed E-state index contributed by atoms with van der Waals surface area (Å²) in [5.74, 6) is 0.681. The van der Waals surface area contributed by atoms with Crippen molar-refractivity contribution in [3.8, 4) is 5.75 Å². The van der Waals surface area contributed by atoms with Crippen LogP contribution in [0.2, 0.25) is 0 Å². The molecule has 5 heteroatoms. The van der Waals surface area contributed by atoms with Crippen molar-refractivity contribution in [1.29, 1.82) is 0 Å². The van der Waals surface area contributed by atoms with Crippen molar-refractivity contribution in [3.05, 3.63) is 35.6 Å². The van der Waals surface area contributed by atoms with Crippen molar-refractivity contribution < 1.29 is 9.53 Å². The van der Waals surface area contributed by atoms with Gasteiger partial charge < -0.3 is 9.64 Å². The number of carbonyl (C=O) groups is 1.